The molecule has 0 fully saturated rings. The zero-order valence-electron chi connectivity index (χ0n) is 12.8. The van der Waals surface area contributed by atoms with Gasteiger partial charge in [-0.25, -0.2) is 4.79 Å². The molecule has 2 aromatic carbocycles. The summed E-state index contributed by atoms with van der Waals surface area (Å²) in [5.41, 5.74) is 1.43. The quantitative estimate of drug-likeness (QED) is 0.787. The smallest absolute Gasteiger partial charge is 0.344 e. The predicted octanol–water partition coefficient (Wildman–Crippen LogP) is 3.86. The molecule has 0 saturated heterocycles. The first-order valence-electron chi connectivity index (χ1n) is 7.04. The minimum absolute atomic E-state index is 0.300. The van der Waals surface area contributed by atoms with E-state index in [9.17, 15) is 9.59 Å². The summed E-state index contributed by atoms with van der Waals surface area (Å²) >= 11 is 11.7. The molecule has 0 atom stereocenters. The third-order valence-corrected chi connectivity index (χ3v) is 3.65. The number of nitrogens with one attached hydrogen (secondary N) is 1. The summed E-state index contributed by atoms with van der Waals surface area (Å²) in [5, 5.41) is 3.70. The molecule has 0 aliphatic rings. The van der Waals surface area contributed by atoms with E-state index in [-0.39, 0.29) is 6.61 Å². The molecule has 1 amide bonds. The number of rotatable bonds is 6. The second-order valence-corrected chi connectivity index (χ2v) is 5.76. The molecule has 126 valence electrons. The summed E-state index contributed by atoms with van der Waals surface area (Å²) in [6.45, 7) is 1.15. The van der Waals surface area contributed by atoms with Crippen LogP contribution in [0, 0.1) is 6.92 Å². The minimum Gasteiger partial charge on any atom is -0.482 e. The Kier molecular flexibility index (Phi) is 6.46. The molecule has 0 saturated carbocycles. The SMILES string of the molecule is Cc1ccc(NC(=O)COC(=O)COc2ccc(Cl)cc2)cc1Cl. The van der Waals surface area contributed by atoms with Crippen molar-refractivity contribution in [1.29, 1.82) is 0 Å². The lowest BCUT2D eigenvalue weighted by Gasteiger charge is -2.08. The molecule has 1 N–H and O–H groups in total. The van der Waals surface area contributed by atoms with Crippen molar-refractivity contribution in [2.24, 2.45) is 0 Å². The molecule has 0 aliphatic heterocycles. The van der Waals surface area contributed by atoms with Gasteiger partial charge in [0.15, 0.2) is 13.2 Å². The second-order valence-electron chi connectivity index (χ2n) is 4.92. The number of benzene rings is 2. The third-order valence-electron chi connectivity index (χ3n) is 2.99. The van der Waals surface area contributed by atoms with E-state index >= 15 is 0 Å². The van der Waals surface area contributed by atoms with Gasteiger partial charge >= 0.3 is 5.97 Å². The van der Waals surface area contributed by atoms with Crippen LogP contribution in [0.25, 0.3) is 0 Å². The number of anilines is 1. The molecule has 0 aliphatic carbocycles. The van der Waals surface area contributed by atoms with Crippen molar-refractivity contribution >= 4 is 40.8 Å². The van der Waals surface area contributed by atoms with Gasteiger partial charge in [-0.3, -0.25) is 4.79 Å². The standard InChI is InChI=1S/C17H15Cl2NO4/c1-11-2-5-13(8-15(11)19)20-16(21)9-24-17(22)10-23-14-6-3-12(18)4-7-14/h2-8H,9-10H2,1H3,(H,20,21). The fourth-order valence-corrected chi connectivity index (χ4v) is 2.04. The van der Waals surface area contributed by atoms with Gasteiger partial charge in [-0.05, 0) is 48.9 Å². The molecule has 0 heterocycles. The highest BCUT2D eigenvalue weighted by atomic mass is 35.5. The van der Waals surface area contributed by atoms with Crippen LogP contribution in [0.3, 0.4) is 0 Å². The first-order valence-corrected chi connectivity index (χ1v) is 7.79. The van der Waals surface area contributed by atoms with Gasteiger partial charge < -0.3 is 14.8 Å². The first kappa shape index (κ1) is 18.1. The lowest BCUT2D eigenvalue weighted by molar-refractivity contribution is -0.149. The van der Waals surface area contributed by atoms with E-state index < -0.39 is 18.5 Å². The molecule has 2 aromatic rings. The van der Waals surface area contributed by atoms with Gasteiger partial charge in [0.1, 0.15) is 5.75 Å². The maximum Gasteiger partial charge on any atom is 0.344 e. The highest BCUT2D eigenvalue weighted by Crippen LogP contribution is 2.19. The van der Waals surface area contributed by atoms with Gasteiger partial charge in [-0.1, -0.05) is 29.3 Å². The van der Waals surface area contributed by atoms with E-state index in [1.807, 2.05) is 6.92 Å². The number of esters is 1. The van der Waals surface area contributed by atoms with E-state index in [2.05, 4.69) is 5.32 Å². The summed E-state index contributed by atoms with van der Waals surface area (Å²) in [4.78, 5) is 23.3. The Morgan fingerprint density at radius 1 is 1.04 bits per heavy atom. The highest BCUT2D eigenvalue weighted by Gasteiger charge is 2.09. The Bertz CT molecular complexity index is 732. The number of hydrogen-bond donors (Lipinski definition) is 1. The van der Waals surface area contributed by atoms with Gasteiger partial charge in [0.2, 0.25) is 0 Å². The lowest BCUT2D eigenvalue weighted by Crippen LogP contribution is -2.23. The van der Waals surface area contributed by atoms with Gasteiger partial charge in [-0.2, -0.15) is 0 Å². The zero-order valence-corrected chi connectivity index (χ0v) is 14.4. The first-order chi connectivity index (χ1) is 11.4. The van der Waals surface area contributed by atoms with Gasteiger partial charge in [0.25, 0.3) is 5.91 Å². The van der Waals surface area contributed by atoms with Crippen LogP contribution in [-0.4, -0.2) is 25.1 Å². The van der Waals surface area contributed by atoms with Crippen LogP contribution in [0.4, 0.5) is 5.69 Å². The molecular weight excluding hydrogens is 353 g/mol. The topological polar surface area (TPSA) is 64.6 Å². The summed E-state index contributed by atoms with van der Waals surface area (Å²) in [6, 6.07) is 11.7. The zero-order chi connectivity index (χ0) is 17.5. The molecule has 0 aromatic heterocycles. The molecule has 0 unspecified atom stereocenters. The summed E-state index contributed by atoms with van der Waals surface area (Å²) in [7, 11) is 0. The van der Waals surface area contributed by atoms with Gasteiger partial charge in [0.05, 0.1) is 0 Å². The van der Waals surface area contributed by atoms with E-state index in [0.29, 0.717) is 21.5 Å². The number of halogens is 2. The van der Waals surface area contributed by atoms with Crippen LogP contribution < -0.4 is 10.1 Å². The van der Waals surface area contributed by atoms with Crippen LogP contribution in [0.2, 0.25) is 10.0 Å². The van der Waals surface area contributed by atoms with Crippen molar-refractivity contribution in [2.45, 2.75) is 6.92 Å². The Labute approximate surface area is 149 Å². The number of carbonyl (C=O) groups is 2. The van der Waals surface area contributed by atoms with E-state index in [1.54, 1.807) is 42.5 Å². The van der Waals surface area contributed by atoms with Gasteiger partial charge in [0, 0.05) is 15.7 Å². The van der Waals surface area contributed by atoms with E-state index in [0.717, 1.165) is 5.56 Å². The molecule has 7 heteroatoms. The average molecular weight is 368 g/mol. The number of ether oxygens (including phenoxy) is 2. The Balaban J connectivity index is 1.73. The van der Waals surface area contributed by atoms with Crippen LogP contribution >= 0.6 is 23.2 Å². The number of hydrogen-bond acceptors (Lipinski definition) is 4. The van der Waals surface area contributed by atoms with Crippen molar-refractivity contribution < 1.29 is 19.1 Å². The van der Waals surface area contributed by atoms with Crippen molar-refractivity contribution in [2.75, 3.05) is 18.5 Å². The second kappa shape index (κ2) is 8.57. The fourth-order valence-electron chi connectivity index (χ4n) is 1.73. The van der Waals surface area contributed by atoms with Crippen molar-refractivity contribution in [3.05, 3.63) is 58.1 Å². The number of carbonyl (C=O) groups excluding carboxylic acids is 2. The normalized spacial score (nSPS) is 10.1. The molecular formula is C17H15Cl2NO4. The molecule has 2 rings (SSSR count). The number of amides is 1. The molecule has 0 radical (unpaired) electrons. The fraction of sp³-hybridized carbons (Fsp3) is 0.176. The van der Waals surface area contributed by atoms with Crippen LogP contribution in [-0.2, 0) is 14.3 Å². The number of aryl methyl sites for hydroxylation is 1. The molecule has 0 spiro atoms. The van der Waals surface area contributed by atoms with Gasteiger partial charge in [-0.15, -0.1) is 0 Å². The minimum atomic E-state index is -0.651. The van der Waals surface area contributed by atoms with E-state index in [4.69, 9.17) is 32.7 Å². The highest BCUT2D eigenvalue weighted by molar-refractivity contribution is 6.31. The van der Waals surface area contributed by atoms with Crippen LogP contribution in [0.5, 0.6) is 5.75 Å². The third kappa shape index (κ3) is 5.76. The van der Waals surface area contributed by atoms with Crippen molar-refractivity contribution in [3.63, 3.8) is 0 Å². The van der Waals surface area contributed by atoms with Crippen LogP contribution in [0.1, 0.15) is 5.56 Å². The molecule has 5 nitrogen and oxygen atoms in total. The maximum absolute atomic E-state index is 11.7. The Morgan fingerprint density at radius 3 is 2.42 bits per heavy atom. The predicted molar refractivity (Wildman–Crippen MR) is 92.7 cm³/mol. The molecule has 24 heavy (non-hydrogen) atoms. The Hall–Kier alpha value is -2.24. The molecule has 0 bridgehead atoms. The summed E-state index contributed by atoms with van der Waals surface area (Å²) < 4.78 is 10.1. The monoisotopic (exact) mass is 367 g/mol. The van der Waals surface area contributed by atoms with E-state index in [1.165, 1.54) is 0 Å². The van der Waals surface area contributed by atoms with Crippen LogP contribution in [0.15, 0.2) is 42.5 Å². The summed E-state index contributed by atoms with van der Waals surface area (Å²) in [6.07, 6.45) is 0. The van der Waals surface area contributed by atoms with Crippen molar-refractivity contribution in [1.82, 2.24) is 0 Å². The largest absolute Gasteiger partial charge is 0.482 e. The van der Waals surface area contributed by atoms with Crippen molar-refractivity contribution in [3.8, 4) is 5.75 Å². The maximum atomic E-state index is 11.7. The average Bonchev–Trinajstić information content (AvgIpc) is 2.56. The lowest BCUT2D eigenvalue weighted by atomic mass is 10.2. The Morgan fingerprint density at radius 2 is 1.75 bits per heavy atom. The summed E-state index contributed by atoms with van der Waals surface area (Å²) in [5.74, 6) is -0.633.